The topological polar surface area (TPSA) is 81.0 Å². The molecule has 0 fully saturated rings. The number of nitrogens with zero attached hydrogens (tertiary/aromatic N) is 3. The minimum Gasteiger partial charge on any atom is -0.484 e. The lowest BCUT2D eigenvalue weighted by atomic mass is 9.99. The summed E-state index contributed by atoms with van der Waals surface area (Å²) >= 11 is 0. The molecule has 0 N–H and O–H groups in total. The molecule has 5 rings (SSSR count). The smallest absolute Gasteiger partial charge is 0.196 e. The van der Waals surface area contributed by atoms with Crippen molar-refractivity contribution >= 4 is 21.9 Å². The average molecular weight is 450 g/mol. The molecular formula is C28H23N3O3. The standard InChI is InChI=1S/C28H23N3O3/c1-16-11-22(18(3)33-25-8-6-5-7-20(25)14-29)28-23(12-16)26(32)17(2)27(34-28)19-9-10-24-21(13-19)15-31(4)30-24/h5-13,15,18H,1-4H3/t18-/m1/s1. The van der Waals surface area contributed by atoms with Crippen LogP contribution in [0.3, 0.4) is 0 Å². The molecule has 1 atom stereocenters. The van der Waals surface area contributed by atoms with Gasteiger partial charge in [0.2, 0.25) is 0 Å². The monoisotopic (exact) mass is 449 g/mol. The molecule has 0 bridgehead atoms. The minimum absolute atomic E-state index is 0.0721. The lowest BCUT2D eigenvalue weighted by Crippen LogP contribution is -2.11. The van der Waals surface area contributed by atoms with E-state index >= 15 is 0 Å². The van der Waals surface area contributed by atoms with Gasteiger partial charge in [-0.1, -0.05) is 12.1 Å². The Morgan fingerprint density at radius 2 is 1.91 bits per heavy atom. The van der Waals surface area contributed by atoms with Crippen LogP contribution in [0.2, 0.25) is 0 Å². The van der Waals surface area contributed by atoms with Crippen molar-refractivity contribution in [2.24, 2.45) is 7.05 Å². The molecular weight excluding hydrogens is 426 g/mol. The fraction of sp³-hybridized carbons (Fsp3) is 0.179. The molecule has 3 aromatic carbocycles. The third-order valence-electron chi connectivity index (χ3n) is 6.02. The zero-order valence-corrected chi connectivity index (χ0v) is 19.4. The summed E-state index contributed by atoms with van der Waals surface area (Å²) in [5.74, 6) is 1.02. The van der Waals surface area contributed by atoms with E-state index in [9.17, 15) is 10.1 Å². The third kappa shape index (κ3) is 3.61. The Hall–Kier alpha value is -4.37. The molecule has 0 aliphatic carbocycles. The highest BCUT2D eigenvalue weighted by molar-refractivity contribution is 5.87. The first-order valence-electron chi connectivity index (χ1n) is 11.0. The van der Waals surface area contributed by atoms with Crippen LogP contribution in [-0.4, -0.2) is 9.78 Å². The largest absolute Gasteiger partial charge is 0.484 e. The van der Waals surface area contributed by atoms with E-state index in [-0.39, 0.29) is 5.43 Å². The van der Waals surface area contributed by atoms with E-state index in [1.807, 2.05) is 63.5 Å². The summed E-state index contributed by atoms with van der Waals surface area (Å²) in [5, 5.41) is 15.3. The Morgan fingerprint density at radius 3 is 2.71 bits per heavy atom. The second-order valence-electron chi connectivity index (χ2n) is 8.56. The number of aromatic nitrogens is 2. The van der Waals surface area contributed by atoms with Gasteiger partial charge in [0, 0.05) is 35.3 Å². The zero-order chi connectivity index (χ0) is 24.0. The van der Waals surface area contributed by atoms with E-state index in [1.54, 1.807) is 29.8 Å². The fourth-order valence-electron chi connectivity index (χ4n) is 4.35. The maximum Gasteiger partial charge on any atom is 0.196 e. The third-order valence-corrected chi connectivity index (χ3v) is 6.02. The van der Waals surface area contributed by atoms with Gasteiger partial charge in [0.15, 0.2) is 5.43 Å². The Kier molecular flexibility index (Phi) is 5.18. The number of rotatable bonds is 4. The van der Waals surface area contributed by atoms with E-state index in [0.29, 0.717) is 33.6 Å². The van der Waals surface area contributed by atoms with E-state index in [1.165, 1.54) is 0 Å². The van der Waals surface area contributed by atoms with Gasteiger partial charge in [0.05, 0.1) is 16.5 Å². The van der Waals surface area contributed by atoms with Crippen molar-refractivity contribution in [3.05, 3.63) is 93.3 Å². The molecule has 0 saturated heterocycles. The van der Waals surface area contributed by atoms with Gasteiger partial charge >= 0.3 is 0 Å². The first-order chi connectivity index (χ1) is 16.4. The second kappa shape index (κ2) is 8.20. The van der Waals surface area contributed by atoms with Crippen molar-refractivity contribution in [3.63, 3.8) is 0 Å². The highest BCUT2D eigenvalue weighted by Gasteiger charge is 2.20. The molecule has 0 unspecified atom stereocenters. The summed E-state index contributed by atoms with van der Waals surface area (Å²) in [7, 11) is 1.88. The van der Waals surface area contributed by atoms with Crippen LogP contribution in [-0.2, 0) is 7.05 Å². The van der Waals surface area contributed by atoms with Gasteiger partial charge in [-0.3, -0.25) is 9.48 Å². The van der Waals surface area contributed by atoms with Crippen LogP contribution in [0.4, 0.5) is 0 Å². The lowest BCUT2D eigenvalue weighted by molar-refractivity contribution is 0.226. The minimum atomic E-state index is -0.448. The summed E-state index contributed by atoms with van der Waals surface area (Å²) in [4.78, 5) is 13.4. The van der Waals surface area contributed by atoms with Crippen LogP contribution in [0.15, 0.2) is 70.0 Å². The highest BCUT2D eigenvalue weighted by atomic mass is 16.5. The number of para-hydroxylation sites is 1. The summed E-state index contributed by atoms with van der Waals surface area (Å²) < 4.78 is 14.4. The number of hydrogen-bond acceptors (Lipinski definition) is 5. The maximum absolute atomic E-state index is 13.4. The van der Waals surface area contributed by atoms with Gasteiger partial charge in [0.25, 0.3) is 0 Å². The van der Waals surface area contributed by atoms with Crippen LogP contribution < -0.4 is 10.2 Å². The molecule has 2 aromatic heterocycles. The van der Waals surface area contributed by atoms with Crippen LogP contribution >= 0.6 is 0 Å². The molecule has 0 aliphatic heterocycles. The predicted molar refractivity (Wildman–Crippen MR) is 132 cm³/mol. The Balaban J connectivity index is 1.69. The van der Waals surface area contributed by atoms with Gasteiger partial charge in [-0.05, 0) is 68.8 Å². The molecule has 34 heavy (non-hydrogen) atoms. The van der Waals surface area contributed by atoms with Gasteiger partial charge in [-0.2, -0.15) is 10.4 Å². The molecule has 0 amide bonds. The predicted octanol–water partition coefficient (Wildman–Crippen LogP) is 5.98. The SMILES string of the molecule is Cc1cc([C@@H](C)Oc2ccccc2C#N)c2oc(-c3ccc4nn(C)cc4c3)c(C)c(=O)c2c1. The van der Waals surface area contributed by atoms with Crippen molar-refractivity contribution in [2.45, 2.75) is 26.9 Å². The molecule has 0 spiro atoms. The Bertz CT molecular complexity index is 1670. The van der Waals surface area contributed by atoms with Crippen LogP contribution in [0, 0.1) is 25.2 Å². The summed E-state index contributed by atoms with van der Waals surface area (Å²) in [6.07, 6.45) is 1.49. The summed E-state index contributed by atoms with van der Waals surface area (Å²) in [6, 6.07) is 18.9. The number of fused-ring (bicyclic) bond motifs is 2. The summed E-state index contributed by atoms with van der Waals surface area (Å²) in [6.45, 7) is 5.63. The molecule has 168 valence electrons. The quantitative estimate of drug-likeness (QED) is 0.337. The van der Waals surface area contributed by atoms with Crippen molar-refractivity contribution in [1.29, 1.82) is 5.26 Å². The lowest BCUT2D eigenvalue weighted by Gasteiger charge is -2.19. The van der Waals surface area contributed by atoms with E-state index in [4.69, 9.17) is 9.15 Å². The van der Waals surface area contributed by atoms with Gasteiger partial charge in [-0.15, -0.1) is 0 Å². The van der Waals surface area contributed by atoms with Crippen molar-refractivity contribution in [1.82, 2.24) is 9.78 Å². The second-order valence-corrected chi connectivity index (χ2v) is 8.56. The number of aryl methyl sites for hydroxylation is 2. The molecule has 5 aromatic rings. The first-order valence-corrected chi connectivity index (χ1v) is 11.0. The van der Waals surface area contributed by atoms with Crippen molar-refractivity contribution in [3.8, 4) is 23.1 Å². The molecule has 6 nitrogen and oxygen atoms in total. The Labute approximate surface area is 196 Å². The van der Waals surface area contributed by atoms with Gasteiger partial charge in [0.1, 0.15) is 29.3 Å². The Morgan fingerprint density at radius 1 is 1.12 bits per heavy atom. The first kappa shape index (κ1) is 21.5. The van der Waals surface area contributed by atoms with Crippen LogP contribution in [0.1, 0.15) is 35.3 Å². The average Bonchev–Trinajstić information content (AvgIpc) is 3.20. The molecule has 2 heterocycles. The number of ether oxygens (including phenoxy) is 1. The van der Waals surface area contributed by atoms with Crippen molar-refractivity contribution < 1.29 is 9.15 Å². The van der Waals surface area contributed by atoms with Gasteiger partial charge < -0.3 is 9.15 Å². The van der Waals surface area contributed by atoms with E-state index in [0.717, 1.165) is 27.6 Å². The van der Waals surface area contributed by atoms with E-state index in [2.05, 4.69) is 11.2 Å². The molecule has 0 saturated carbocycles. The summed E-state index contributed by atoms with van der Waals surface area (Å²) in [5.41, 5.74) is 4.80. The molecule has 0 aliphatic rings. The van der Waals surface area contributed by atoms with Crippen LogP contribution in [0.5, 0.6) is 5.75 Å². The normalized spacial score (nSPS) is 12.1. The number of hydrogen-bond donors (Lipinski definition) is 0. The molecule has 0 radical (unpaired) electrons. The maximum atomic E-state index is 13.4. The number of nitriles is 1. The fourth-order valence-corrected chi connectivity index (χ4v) is 4.35. The van der Waals surface area contributed by atoms with Gasteiger partial charge in [-0.25, -0.2) is 0 Å². The van der Waals surface area contributed by atoms with Crippen molar-refractivity contribution in [2.75, 3.05) is 0 Å². The highest BCUT2D eigenvalue weighted by Crippen LogP contribution is 2.34. The van der Waals surface area contributed by atoms with Crippen LogP contribution in [0.25, 0.3) is 33.2 Å². The van der Waals surface area contributed by atoms with E-state index < -0.39 is 6.10 Å². The number of benzene rings is 3. The zero-order valence-electron chi connectivity index (χ0n) is 19.4. The molecule has 6 heteroatoms.